The van der Waals surface area contributed by atoms with Crippen molar-refractivity contribution in [2.24, 2.45) is 5.92 Å². The highest BCUT2D eigenvalue weighted by Gasteiger charge is 2.29. The molecule has 0 radical (unpaired) electrons. The van der Waals surface area contributed by atoms with Crippen LogP contribution in [0.3, 0.4) is 0 Å². The Labute approximate surface area is 111 Å². The molecule has 1 aromatic rings. The Bertz CT molecular complexity index is 450. The summed E-state index contributed by atoms with van der Waals surface area (Å²) in [6, 6.07) is 1.63. The third kappa shape index (κ3) is 3.27. The summed E-state index contributed by atoms with van der Waals surface area (Å²) in [6.07, 6.45) is 4.52. The molecule has 102 valence electrons. The maximum Gasteiger partial charge on any atom is 0.310 e. The fraction of sp³-hybridized carbons (Fsp3) is 0.538. The number of esters is 1. The smallest absolute Gasteiger partial charge is 0.310 e. The molecule has 1 fully saturated rings. The summed E-state index contributed by atoms with van der Waals surface area (Å²) in [5, 5.41) is 7.34. The fourth-order valence-electron chi connectivity index (χ4n) is 2.21. The summed E-state index contributed by atoms with van der Waals surface area (Å²) in [4.78, 5) is 25.6. The number of ether oxygens (including phenoxy) is 1. The number of piperidine rings is 1. The van der Waals surface area contributed by atoms with Crippen molar-refractivity contribution < 1.29 is 14.3 Å². The van der Waals surface area contributed by atoms with E-state index in [9.17, 15) is 9.59 Å². The summed E-state index contributed by atoms with van der Waals surface area (Å²) in [7, 11) is 0. The van der Waals surface area contributed by atoms with Crippen LogP contribution in [0.5, 0.6) is 0 Å². The topological polar surface area (TPSA) is 72.4 Å². The average molecular weight is 263 g/mol. The molecule has 0 spiro atoms. The molecule has 2 heterocycles. The highest BCUT2D eigenvalue weighted by Crippen LogP contribution is 2.19. The third-order valence-corrected chi connectivity index (χ3v) is 3.16. The van der Waals surface area contributed by atoms with Gasteiger partial charge >= 0.3 is 5.97 Å². The second kappa shape index (κ2) is 6.26. The third-order valence-electron chi connectivity index (χ3n) is 3.16. The minimum absolute atomic E-state index is 0.108. The number of carbonyl (C=O) groups is 2. The monoisotopic (exact) mass is 263 g/mol. The molecule has 2 rings (SSSR count). The zero-order valence-corrected chi connectivity index (χ0v) is 10.9. The van der Waals surface area contributed by atoms with Gasteiger partial charge in [0.15, 0.2) is 0 Å². The average Bonchev–Trinajstić information content (AvgIpc) is 2.48. The van der Waals surface area contributed by atoms with Gasteiger partial charge in [-0.1, -0.05) is 0 Å². The summed E-state index contributed by atoms with van der Waals surface area (Å²) in [5.41, 5.74) is 0.500. The van der Waals surface area contributed by atoms with Gasteiger partial charge in [-0.3, -0.25) is 9.59 Å². The van der Waals surface area contributed by atoms with Crippen LogP contribution in [-0.4, -0.2) is 46.7 Å². The Kier molecular flexibility index (Phi) is 4.43. The second-order valence-electron chi connectivity index (χ2n) is 4.47. The molecule has 1 saturated heterocycles. The number of rotatable bonds is 3. The Morgan fingerprint density at radius 1 is 1.47 bits per heavy atom. The standard InChI is InChI=1S/C13H17N3O3/c1-2-19-13(18)11-4-3-7-16(9-11)12(17)10-5-6-14-15-8-10/h5-6,8,11H,2-4,7,9H2,1H3. The number of amides is 1. The second-order valence-corrected chi connectivity index (χ2v) is 4.47. The van der Waals surface area contributed by atoms with E-state index in [1.54, 1.807) is 17.9 Å². The van der Waals surface area contributed by atoms with Crippen molar-refractivity contribution in [1.29, 1.82) is 0 Å². The van der Waals surface area contributed by atoms with Gasteiger partial charge in [0, 0.05) is 13.1 Å². The van der Waals surface area contributed by atoms with E-state index in [0.29, 0.717) is 25.3 Å². The van der Waals surface area contributed by atoms with Crippen molar-refractivity contribution in [3.8, 4) is 0 Å². The van der Waals surface area contributed by atoms with Crippen LogP contribution >= 0.6 is 0 Å². The molecule has 0 saturated carbocycles. The van der Waals surface area contributed by atoms with Gasteiger partial charge in [0.25, 0.3) is 5.91 Å². The highest BCUT2D eigenvalue weighted by molar-refractivity contribution is 5.94. The number of hydrogen-bond acceptors (Lipinski definition) is 5. The fourth-order valence-corrected chi connectivity index (χ4v) is 2.21. The van der Waals surface area contributed by atoms with Crippen LogP contribution in [0.2, 0.25) is 0 Å². The first-order valence-corrected chi connectivity index (χ1v) is 6.45. The molecule has 19 heavy (non-hydrogen) atoms. The van der Waals surface area contributed by atoms with Crippen molar-refractivity contribution in [2.75, 3.05) is 19.7 Å². The molecule has 6 nitrogen and oxygen atoms in total. The van der Waals surface area contributed by atoms with Gasteiger partial charge in [0.05, 0.1) is 30.5 Å². The van der Waals surface area contributed by atoms with Crippen LogP contribution in [0.25, 0.3) is 0 Å². The zero-order valence-electron chi connectivity index (χ0n) is 10.9. The number of nitrogens with zero attached hydrogens (tertiary/aromatic N) is 3. The van der Waals surface area contributed by atoms with E-state index >= 15 is 0 Å². The summed E-state index contributed by atoms with van der Waals surface area (Å²) >= 11 is 0. The van der Waals surface area contributed by atoms with Crippen LogP contribution in [0.4, 0.5) is 0 Å². The molecule has 0 aliphatic carbocycles. The molecule has 0 bridgehead atoms. The SMILES string of the molecule is CCOC(=O)C1CCCN(C(=O)c2ccnnc2)C1. The number of carbonyl (C=O) groups excluding carboxylic acids is 2. The van der Waals surface area contributed by atoms with E-state index < -0.39 is 0 Å². The normalized spacial score (nSPS) is 19.0. The van der Waals surface area contributed by atoms with E-state index in [2.05, 4.69) is 10.2 Å². The quantitative estimate of drug-likeness (QED) is 0.757. The van der Waals surface area contributed by atoms with Crippen LogP contribution in [0.1, 0.15) is 30.1 Å². The van der Waals surface area contributed by atoms with E-state index in [0.717, 1.165) is 12.8 Å². The molecular weight excluding hydrogens is 246 g/mol. The lowest BCUT2D eigenvalue weighted by Crippen LogP contribution is -2.42. The molecule has 0 aromatic carbocycles. The largest absolute Gasteiger partial charge is 0.466 e. The first-order chi connectivity index (χ1) is 9.22. The van der Waals surface area contributed by atoms with Crippen molar-refractivity contribution in [3.05, 3.63) is 24.0 Å². The van der Waals surface area contributed by atoms with E-state index in [1.165, 1.54) is 12.4 Å². The molecule has 1 atom stereocenters. The molecule has 1 aliphatic rings. The van der Waals surface area contributed by atoms with Gasteiger partial charge in [-0.15, -0.1) is 0 Å². The minimum Gasteiger partial charge on any atom is -0.466 e. The Balaban J connectivity index is 2.01. The number of hydrogen-bond donors (Lipinski definition) is 0. The molecule has 1 unspecified atom stereocenters. The summed E-state index contributed by atoms with van der Waals surface area (Å²) < 4.78 is 5.02. The van der Waals surface area contributed by atoms with Gasteiger partial charge in [-0.2, -0.15) is 10.2 Å². The lowest BCUT2D eigenvalue weighted by atomic mass is 9.97. The van der Waals surface area contributed by atoms with Crippen LogP contribution in [0.15, 0.2) is 18.5 Å². The van der Waals surface area contributed by atoms with E-state index in [4.69, 9.17) is 4.74 Å². The first kappa shape index (κ1) is 13.5. The maximum absolute atomic E-state index is 12.2. The van der Waals surface area contributed by atoms with Gasteiger partial charge in [0.1, 0.15) is 0 Å². The Hall–Kier alpha value is -1.98. The summed E-state index contributed by atoms with van der Waals surface area (Å²) in [6.45, 7) is 3.24. The van der Waals surface area contributed by atoms with E-state index in [-0.39, 0.29) is 17.8 Å². The minimum atomic E-state index is -0.215. The van der Waals surface area contributed by atoms with Crippen LogP contribution < -0.4 is 0 Å². The molecule has 1 aliphatic heterocycles. The molecule has 1 amide bonds. The molecule has 1 aromatic heterocycles. The van der Waals surface area contributed by atoms with Gasteiger partial charge in [-0.05, 0) is 25.8 Å². The summed E-state index contributed by atoms with van der Waals surface area (Å²) in [5.74, 6) is -0.538. The molecule has 6 heteroatoms. The first-order valence-electron chi connectivity index (χ1n) is 6.45. The molecule has 0 N–H and O–H groups in total. The van der Waals surface area contributed by atoms with Crippen molar-refractivity contribution in [2.45, 2.75) is 19.8 Å². The predicted octanol–water partition coefficient (Wildman–Crippen LogP) is 0.892. The highest BCUT2D eigenvalue weighted by atomic mass is 16.5. The van der Waals surface area contributed by atoms with Crippen molar-refractivity contribution >= 4 is 11.9 Å². The van der Waals surface area contributed by atoms with Crippen molar-refractivity contribution in [1.82, 2.24) is 15.1 Å². The molecular formula is C13H17N3O3. The van der Waals surface area contributed by atoms with Crippen molar-refractivity contribution in [3.63, 3.8) is 0 Å². The van der Waals surface area contributed by atoms with Gasteiger partial charge in [-0.25, -0.2) is 0 Å². The zero-order chi connectivity index (χ0) is 13.7. The van der Waals surface area contributed by atoms with Crippen LogP contribution in [0, 0.1) is 5.92 Å². The number of aromatic nitrogens is 2. The van der Waals surface area contributed by atoms with Gasteiger partial charge < -0.3 is 9.64 Å². The lowest BCUT2D eigenvalue weighted by Gasteiger charge is -2.31. The van der Waals surface area contributed by atoms with E-state index in [1.807, 2.05) is 0 Å². The Morgan fingerprint density at radius 3 is 3.00 bits per heavy atom. The predicted molar refractivity (Wildman–Crippen MR) is 67.3 cm³/mol. The lowest BCUT2D eigenvalue weighted by molar-refractivity contribution is -0.149. The van der Waals surface area contributed by atoms with Crippen LogP contribution in [-0.2, 0) is 9.53 Å². The Morgan fingerprint density at radius 2 is 2.32 bits per heavy atom. The number of likely N-dealkylation sites (tertiary alicyclic amines) is 1. The van der Waals surface area contributed by atoms with Gasteiger partial charge in [0.2, 0.25) is 0 Å². The maximum atomic E-state index is 12.2.